The van der Waals surface area contributed by atoms with Crippen molar-refractivity contribution in [3.63, 3.8) is 0 Å². The molecule has 10 nitrogen and oxygen atoms in total. The molecule has 1 unspecified atom stereocenters. The smallest absolute Gasteiger partial charge is 0.312 e. The van der Waals surface area contributed by atoms with E-state index in [2.05, 4.69) is 34.4 Å². The fraction of sp³-hybridized carbons (Fsp3) is 0.500. The SMILES string of the molecule is C=CCCC(=O)NC[C@@H](C)OC(=O)[C@H]1[C@@H]2O[C@@]3(CC2Br)[C@@H]1C(=O)N(CCCCCO)[C@@H]3C(=O)N(CC=C)c1ccc2ccccc2c1. The van der Waals surface area contributed by atoms with Gasteiger partial charge < -0.3 is 29.7 Å². The van der Waals surface area contributed by atoms with Crippen LogP contribution in [0.3, 0.4) is 0 Å². The lowest BCUT2D eigenvalue weighted by molar-refractivity contribution is -0.159. The molecule has 3 fully saturated rings. The fourth-order valence-corrected chi connectivity index (χ4v) is 8.27. The Balaban J connectivity index is 1.45. The lowest BCUT2D eigenvalue weighted by Crippen LogP contribution is -2.57. The summed E-state index contributed by atoms with van der Waals surface area (Å²) in [6.45, 7) is 9.87. The van der Waals surface area contributed by atoms with Crippen molar-refractivity contribution in [1.29, 1.82) is 0 Å². The molecule has 1 spiro atoms. The summed E-state index contributed by atoms with van der Waals surface area (Å²) in [5.41, 5.74) is -0.574. The number of alkyl halides is 1. The number of hydrogen-bond donors (Lipinski definition) is 2. The lowest BCUT2D eigenvalue weighted by atomic mass is 9.70. The fourth-order valence-electron chi connectivity index (χ4n) is 7.33. The Bertz CT molecular complexity index is 1520. The van der Waals surface area contributed by atoms with Gasteiger partial charge in [-0.15, -0.1) is 13.2 Å². The molecule has 0 saturated carbocycles. The van der Waals surface area contributed by atoms with Crippen LogP contribution in [0.1, 0.15) is 45.4 Å². The molecule has 2 aromatic carbocycles. The minimum Gasteiger partial charge on any atom is -0.460 e. The second-order valence-electron chi connectivity index (χ2n) is 12.6. The number of hydrogen-bond acceptors (Lipinski definition) is 7. The Morgan fingerprint density at radius 3 is 2.66 bits per heavy atom. The van der Waals surface area contributed by atoms with E-state index in [1.807, 2.05) is 42.5 Å². The Morgan fingerprint density at radius 1 is 1.17 bits per heavy atom. The topological polar surface area (TPSA) is 125 Å². The van der Waals surface area contributed by atoms with Crippen LogP contribution in [-0.4, -0.2) is 88.6 Å². The van der Waals surface area contributed by atoms with E-state index in [0.29, 0.717) is 44.2 Å². The van der Waals surface area contributed by atoms with Gasteiger partial charge >= 0.3 is 5.97 Å². The number of aliphatic hydroxyl groups is 1. The van der Waals surface area contributed by atoms with Crippen molar-refractivity contribution in [2.24, 2.45) is 11.8 Å². The van der Waals surface area contributed by atoms with E-state index >= 15 is 0 Å². The predicted molar refractivity (Wildman–Crippen MR) is 183 cm³/mol. The number of carbonyl (C=O) groups is 4. The summed E-state index contributed by atoms with van der Waals surface area (Å²) in [7, 11) is 0. The van der Waals surface area contributed by atoms with Gasteiger partial charge in [0, 0.05) is 36.6 Å². The Morgan fingerprint density at radius 2 is 1.94 bits per heavy atom. The maximum atomic E-state index is 14.8. The molecule has 47 heavy (non-hydrogen) atoms. The molecule has 7 atom stereocenters. The molecule has 5 rings (SSSR count). The van der Waals surface area contributed by atoms with Crippen molar-refractivity contribution in [2.75, 3.05) is 31.1 Å². The molecule has 2 N–H and O–H groups in total. The van der Waals surface area contributed by atoms with Crippen LogP contribution in [0.4, 0.5) is 5.69 Å². The summed E-state index contributed by atoms with van der Waals surface area (Å²) in [5, 5.41) is 14.1. The number of halogens is 1. The van der Waals surface area contributed by atoms with E-state index in [9.17, 15) is 24.3 Å². The second-order valence-corrected chi connectivity index (χ2v) is 13.8. The van der Waals surface area contributed by atoms with Gasteiger partial charge in [0.25, 0.3) is 5.91 Å². The average Bonchev–Trinajstić information content (AvgIpc) is 3.66. The quantitative estimate of drug-likeness (QED) is 0.115. The summed E-state index contributed by atoms with van der Waals surface area (Å²) in [4.78, 5) is 58.0. The number of unbranched alkanes of at least 4 members (excludes halogenated alkanes) is 2. The van der Waals surface area contributed by atoms with Crippen LogP contribution in [0.25, 0.3) is 10.8 Å². The lowest BCUT2D eigenvalue weighted by Gasteiger charge is -2.37. The third-order valence-corrected chi connectivity index (χ3v) is 10.3. The number of nitrogens with zero attached hydrogens (tertiary/aromatic N) is 2. The van der Waals surface area contributed by atoms with Crippen molar-refractivity contribution >= 4 is 56.1 Å². The molecular formula is C36H44BrN3O7. The van der Waals surface area contributed by atoms with Gasteiger partial charge in [-0.2, -0.15) is 0 Å². The van der Waals surface area contributed by atoms with Crippen molar-refractivity contribution in [2.45, 2.75) is 74.1 Å². The zero-order valence-corrected chi connectivity index (χ0v) is 28.4. The van der Waals surface area contributed by atoms with Gasteiger partial charge in [-0.05, 0) is 61.9 Å². The molecule has 3 saturated heterocycles. The molecule has 3 amide bonds. The number of amides is 3. The molecule has 3 heterocycles. The van der Waals surface area contributed by atoms with Crippen molar-refractivity contribution < 1.29 is 33.8 Å². The van der Waals surface area contributed by atoms with Crippen molar-refractivity contribution in [3.05, 3.63) is 67.8 Å². The normalized spacial score (nSPS) is 26.6. The minimum absolute atomic E-state index is 0.0365. The number of carbonyl (C=O) groups excluding carboxylic acids is 4. The molecular weight excluding hydrogens is 666 g/mol. The molecule has 0 aliphatic carbocycles. The first-order chi connectivity index (χ1) is 22.7. The molecule has 252 valence electrons. The summed E-state index contributed by atoms with van der Waals surface area (Å²) < 4.78 is 12.4. The van der Waals surface area contributed by atoms with E-state index in [4.69, 9.17) is 9.47 Å². The van der Waals surface area contributed by atoms with Gasteiger partial charge in [0.1, 0.15) is 17.7 Å². The van der Waals surface area contributed by atoms with E-state index in [1.165, 1.54) is 0 Å². The van der Waals surface area contributed by atoms with Crippen LogP contribution in [-0.2, 0) is 28.7 Å². The number of benzene rings is 2. The summed E-state index contributed by atoms with van der Waals surface area (Å²) in [5.74, 6) is -3.20. The molecule has 2 aromatic rings. The number of esters is 1. The van der Waals surface area contributed by atoms with Gasteiger partial charge in [0.2, 0.25) is 11.8 Å². The Kier molecular flexibility index (Phi) is 11.2. The van der Waals surface area contributed by atoms with Gasteiger partial charge in [-0.3, -0.25) is 19.2 Å². The highest BCUT2D eigenvalue weighted by atomic mass is 79.9. The molecule has 3 aliphatic rings. The van der Waals surface area contributed by atoms with Crippen molar-refractivity contribution in [1.82, 2.24) is 10.2 Å². The largest absolute Gasteiger partial charge is 0.460 e. The van der Waals surface area contributed by atoms with E-state index < -0.39 is 41.7 Å². The second kappa shape index (κ2) is 15.1. The van der Waals surface area contributed by atoms with Crippen LogP contribution in [0.2, 0.25) is 0 Å². The minimum atomic E-state index is -1.24. The summed E-state index contributed by atoms with van der Waals surface area (Å²) in [6, 6.07) is 12.7. The third kappa shape index (κ3) is 6.89. The zero-order chi connectivity index (χ0) is 33.7. The molecule has 0 radical (unpaired) electrons. The summed E-state index contributed by atoms with van der Waals surface area (Å²) in [6.07, 6.45) is 5.05. The number of aliphatic hydroxyl groups excluding tert-OH is 1. The van der Waals surface area contributed by atoms with Gasteiger partial charge in [-0.1, -0.05) is 58.4 Å². The van der Waals surface area contributed by atoms with Gasteiger partial charge in [-0.25, -0.2) is 0 Å². The van der Waals surface area contributed by atoms with Crippen LogP contribution >= 0.6 is 15.9 Å². The Labute approximate surface area is 284 Å². The van der Waals surface area contributed by atoms with Crippen LogP contribution in [0.15, 0.2) is 67.8 Å². The molecule has 11 heteroatoms. The number of fused-ring (bicyclic) bond motifs is 2. The average molecular weight is 711 g/mol. The number of anilines is 1. The highest BCUT2D eigenvalue weighted by Gasteiger charge is 2.77. The first-order valence-corrected chi connectivity index (χ1v) is 17.3. The summed E-state index contributed by atoms with van der Waals surface area (Å²) >= 11 is 3.71. The highest BCUT2D eigenvalue weighted by molar-refractivity contribution is 9.09. The maximum absolute atomic E-state index is 14.8. The van der Waals surface area contributed by atoms with Crippen LogP contribution in [0.5, 0.6) is 0 Å². The van der Waals surface area contributed by atoms with E-state index in [-0.39, 0.29) is 48.8 Å². The number of likely N-dealkylation sites (tertiary alicyclic amines) is 1. The number of rotatable bonds is 16. The zero-order valence-electron chi connectivity index (χ0n) is 26.8. The van der Waals surface area contributed by atoms with Crippen LogP contribution in [0, 0.1) is 11.8 Å². The first-order valence-electron chi connectivity index (χ1n) is 16.4. The number of allylic oxidation sites excluding steroid dienone is 1. The van der Waals surface area contributed by atoms with E-state index in [0.717, 1.165) is 10.8 Å². The van der Waals surface area contributed by atoms with Crippen molar-refractivity contribution in [3.8, 4) is 0 Å². The molecule has 0 aromatic heterocycles. The highest BCUT2D eigenvalue weighted by Crippen LogP contribution is 2.60. The molecule has 2 bridgehead atoms. The standard InChI is InChI=1S/C36H44BrN3O7/c1-4-6-14-28(42)38-22-23(3)46-35(45)29-30-33(43)40(18-10-7-11-19-41)32(36(30)21-27(37)31(29)47-36)34(44)39(17-5-2)26-16-15-24-12-8-9-13-25(24)20-26/h4-5,8-9,12-13,15-16,20,23,27,29-32,41H,1-2,6-7,10-11,14,17-19,21-22H2,3H3,(H,38,42)/t23-,27?,29-,30+,31-,32-,36+/m1/s1. The molecule has 3 aliphatic heterocycles. The van der Waals surface area contributed by atoms with Crippen LogP contribution < -0.4 is 10.2 Å². The number of ether oxygens (including phenoxy) is 2. The van der Waals surface area contributed by atoms with Gasteiger partial charge in [0.05, 0.1) is 24.5 Å². The maximum Gasteiger partial charge on any atom is 0.312 e. The monoisotopic (exact) mass is 709 g/mol. The van der Waals surface area contributed by atoms with E-state index in [1.54, 1.807) is 28.9 Å². The third-order valence-electron chi connectivity index (χ3n) is 9.45. The Hall–Kier alpha value is -3.54. The predicted octanol–water partition coefficient (Wildman–Crippen LogP) is 4.28. The van der Waals surface area contributed by atoms with Gasteiger partial charge in [0.15, 0.2) is 0 Å². The number of nitrogens with one attached hydrogen (secondary N) is 1. The first kappa shape index (κ1) is 34.8.